The largest absolute Gasteiger partial charge is 0.378 e. The van der Waals surface area contributed by atoms with Crippen LogP contribution >= 0.6 is 0 Å². The van der Waals surface area contributed by atoms with E-state index in [2.05, 4.69) is 32.6 Å². The van der Waals surface area contributed by atoms with E-state index in [1.807, 2.05) is 0 Å². The third-order valence-corrected chi connectivity index (χ3v) is 3.16. The van der Waals surface area contributed by atoms with Crippen molar-refractivity contribution in [3.8, 4) is 0 Å². The maximum absolute atomic E-state index is 5.88. The van der Waals surface area contributed by atoms with Crippen LogP contribution in [0.2, 0.25) is 0 Å². The molecule has 1 saturated heterocycles. The van der Waals surface area contributed by atoms with Gasteiger partial charge in [0, 0.05) is 26.2 Å². The minimum Gasteiger partial charge on any atom is -0.378 e. The number of nitrogens with zero attached hydrogens (tertiary/aromatic N) is 1. The maximum atomic E-state index is 5.88. The summed E-state index contributed by atoms with van der Waals surface area (Å²) in [6.07, 6.45) is 0.559. The number of rotatable bonds is 3. The summed E-state index contributed by atoms with van der Waals surface area (Å²) in [4.78, 5) is 2.45. The summed E-state index contributed by atoms with van der Waals surface area (Å²) in [5.41, 5.74) is 0. The number of ether oxygens (including phenoxy) is 2. The van der Waals surface area contributed by atoms with Crippen molar-refractivity contribution in [2.75, 3.05) is 26.8 Å². The summed E-state index contributed by atoms with van der Waals surface area (Å²) in [6, 6.07) is 0.561. The van der Waals surface area contributed by atoms with E-state index < -0.39 is 0 Å². The molecule has 0 saturated carbocycles. The van der Waals surface area contributed by atoms with Crippen molar-refractivity contribution in [1.82, 2.24) is 4.90 Å². The van der Waals surface area contributed by atoms with E-state index in [4.69, 9.17) is 9.47 Å². The molecule has 0 radical (unpaired) electrons. The number of hydrogen-bond acceptors (Lipinski definition) is 3. The van der Waals surface area contributed by atoms with Crippen molar-refractivity contribution in [2.45, 2.75) is 45.9 Å². The van der Waals surface area contributed by atoms with Crippen LogP contribution < -0.4 is 0 Å². The highest BCUT2D eigenvalue weighted by Gasteiger charge is 2.27. The van der Waals surface area contributed by atoms with Gasteiger partial charge in [-0.3, -0.25) is 4.90 Å². The molecule has 3 nitrogen and oxygen atoms in total. The average molecular weight is 215 g/mol. The Morgan fingerprint density at radius 3 is 2.33 bits per heavy atom. The van der Waals surface area contributed by atoms with Gasteiger partial charge in [0.15, 0.2) is 0 Å². The van der Waals surface area contributed by atoms with Crippen LogP contribution in [0.1, 0.15) is 27.7 Å². The Bertz CT molecular complexity index is 182. The number of methoxy groups -OCH3 is 1. The molecule has 0 amide bonds. The second-order valence-electron chi connectivity index (χ2n) is 5.02. The molecule has 0 spiro atoms. The van der Waals surface area contributed by atoms with Crippen molar-refractivity contribution >= 4 is 0 Å². The zero-order valence-corrected chi connectivity index (χ0v) is 10.7. The van der Waals surface area contributed by atoms with Crippen LogP contribution in [0.4, 0.5) is 0 Å². The highest BCUT2D eigenvalue weighted by molar-refractivity contribution is 4.78. The van der Waals surface area contributed by atoms with Gasteiger partial charge in [-0.1, -0.05) is 13.8 Å². The van der Waals surface area contributed by atoms with Gasteiger partial charge in [0.2, 0.25) is 0 Å². The van der Waals surface area contributed by atoms with E-state index in [1.54, 1.807) is 7.11 Å². The Morgan fingerprint density at radius 2 is 1.87 bits per heavy atom. The first-order chi connectivity index (χ1) is 7.04. The van der Waals surface area contributed by atoms with Crippen molar-refractivity contribution in [3.63, 3.8) is 0 Å². The monoisotopic (exact) mass is 215 g/mol. The summed E-state index contributed by atoms with van der Waals surface area (Å²) >= 11 is 0. The van der Waals surface area contributed by atoms with Gasteiger partial charge in [-0.25, -0.2) is 0 Å². The molecule has 0 aromatic heterocycles. The van der Waals surface area contributed by atoms with Crippen LogP contribution in [0.15, 0.2) is 0 Å². The van der Waals surface area contributed by atoms with Crippen LogP contribution in [0, 0.1) is 5.92 Å². The molecule has 1 heterocycles. The second-order valence-corrected chi connectivity index (χ2v) is 5.02. The van der Waals surface area contributed by atoms with Gasteiger partial charge >= 0.3 is 0 Å². The Hall–Kier alpha value is -0.120. The summed E-state index contributed by atoms with van der Waals surface area (Å²) in [6.45, 7) is 11.6. The lowest BCUT2D eigenvalue weighted by Gasteiger charge is -2.29. The zero-order valence-electron chi connectivity index (χ0n) is 10.7. The molecule has 0 aromatic carbocycles. The predicted molar refractivity (Wildman–Crippen MR) is 62.1 cm³/mol. The smallest absolute Gasteiger partial charge is 0.0931 e. The SMILES string of the molecule is CO[C@H]1CO[C@@H](C(C)C)CN(C(C)C)C1. The van der Waals surface area contributed by atoms with E-state index in [-0.39, 0.29) is 6.10 Å². The van der Waals surface area contributed by atoms with Crippen molar-refractivity contribution in [1.29, 1.82) is 0 Å². The Kier molecular flexibility index (Phi) is 5.03. The molecular formula is C12H25NO2. The fourth-order valence-electron chi connectivity index (χ4n) is 1.87. The van der Waals surface area contributed by atoms with Gasteiger partial charge in [0.1, 0.15) is 0 Å². The molecule has 0 unspecified atom stereocenters. The fraction of sp³-hybridized carbons (Fsp3) is 1.00. The Labute approximate surface area is 93.7 Å². The lowest BCUT2D eigenvalue weighted by molar-refractivity contribution is -0.0210. The molecule has 0 N–H and O–H groups in total. The molecule has 0 aromatic rings. The van der Waals surface area contributed by atoms with Crippen molar-refractivity contribution < 1.29 is 9.47 Å². The zero-order chi connectivity index (χ0) is 11.4. The van der Waals surface area contributed by atoms with E-state index in [1.165, 1.54) is 0 Å². The van der Waals surface area contributed by atoms with E-state index in [9.17, 15) is 0 Å². The third kappa shape index (κ3) is 3.74. The second kappa shape index (κ2) is 5.83. The van der Waals surface area contributed by atoms with Gasteiger partial charge in [-0.05, 0) is 19.8 Å². The van der Waals surface area contributed by atoms with E-state index in [0.717, 1.165) is 19.7 Å². The van der Waals surface area contributed by atoms with Gasteiger partial charge in [-0.15, -0.1) is 0 Å². The lowest BCUT2D eigenvalue weighted by atomic mass is 10.1. The van der Waals surface area contributed by atoms with Gasteiger partial charge in [-0.2, -0.15) is 0 Å². The first-order valence-electron chi connectivity index (χ1n) is 5.93. The molecule has 1 fully saturated rings. The van der Waals surface area contributed by atoms with Crippen LogP contribution in [0.25, 0.3) is 0 Å². The van der Waals surface area contributed by atoms with Crippen LogP contribution in [-0.4, -0.2) is 50.0 Å². The van der Waals surface area contributed by atoms with Crippen molar-refractivity contribution in [3.05, 3.63) is 0 Å². The first kappa shape index (κ1) is 12.9. The molecule has 15 heavy (non-hydrogen) atoms. The molecule has 90 valence electrons. The summed E-state index contributed by atoms with van der Waals surface area (Å²) in [5, 5.41) is 0. The van der Waals surface area contributed by atoms with E-state index in [0.29, 0.717) is 18.1 Å². The highest BCUT2D eigenvalue weighted by atomic mass is 16.5. The average Bonchev–Trinajstić information content (AvgIpc) is 2.39. The van der Waals surface area contributed by atoms with E-state index >= 15 is 0 Å². The number of hydrogen-bond donors (Lipinski definition) is 0. The molecular weight excluding hydrogens is 190 g/mol. The Balaban J connectivity index is 2.62. The molecule has 1 rings (SSSR count). The van der Waals surface area contributed by atoms with Gasteiger partial charge < -0.3 is 9.47 Å². The minimum absolute atomic E-state index is 0.219. The van der Waals surface area contributed by atoms with Gasteiger partial charge in [0.05, 0.1) is 18.8 Å². The Morgan fingerprint density at radius 1 is 1.20 bits per heavy atom. The topological polar surface area (TPSA) is 21.7 Å². The molecule has 3 heteroatoms. The quantitative estimate of drug-likeness (QED) is 0.716. The summed E-state index contributed by atoms with van der Waals surface area (Å²) < 4.78 is 11.3. The standard InChI is InChI=1S/C12H25NO2/c1-9(2)12-7-13(10(3)4)6-11(14-5)8-15-12/h9-12H,6-8H2,1-5H3/t11-,12-/m1/s1. The molecule has 0 aliphatic carbocycles. The molecule has 2 atom stereocenters. The molecule has 0 bridgehead atoms. The normalized spacial score (nSPS) is 29.8. The third-order valence-electron chi connectivity index (χ3n) is 3.16. The minimum atomic E-state index is 0.219. The van der Waals surface area contributed by atoms with Crippen LogP contribution in [0.5, 0.6) is 0 Å². The highest BCUT2D eigenvalue weighted by Crippen LogP contribution is 2.16. The summed E-state index contributed by atoms with van der Waals surface area (Å²) in [5.74, 6) is 0.571. The fourth-order valence-corrected chi connectivity index (χ4v) is 1.87. The maximum Gasteiger partial charge on any atom is 0.0931 e. The summed E-state index contributed by atoms with van der Waals surface area (Å²) in [7, 11) is 1.77. The first-order valence-corrected chi connectivity index (χ1v) is 5.93. The predicted octanol–water partition coefficient (Wildman–Crippen LogP) is 1.77. The molecule has 1 aliphatic heterocycles. The van der Waals surface area contributed by atoms with Gasteiger partial charge in [0.25, 0.3) is 0 Å². The van der Waals surface area contributed by atoms with Crippen molar-refractivity contribution in [2.24, 2.45) is 5.92 Å². The molecule has 1 aliphatic rings. The lowest BCUT2D eigenvalue weighted by Crippen LogP contribution is -2.41. The van der Waals surface area contributed by atoms with Crippen LogP contribution in [0.3, 0.4) is 0 Å². The van der Waals surface area contributed by atoms with Crippen LogP contribution in [-0.2, 0) is 9.47 Å².